The SMILES string of the molecule is CCC(C)(C)NC(=O)CO[C@@H](C)C(=O)O. The van der Waals surface area contributed by atoms with E-state index in [9.17, 15) is 9.59 Å². The lowest BCUT2D eigenvalue weighted by Crippen LogP contribution is -2.45. The van der Waals surface area contributed by atoms with Gasteiger partial charge in [-0.3, -0.25) is 4.79 Å². The quantitative estimate of drug-likeness (QED) is 0.689. The number of rotatable bonds is 6. The van der Waals surface area contributed by atoms with E-state index in [1.807, 2.05) is 20.8 Å². The Bertz CT molecular complexity index is 238. The molecule has 2 N–H and O–H groups in total. The van der Waals surface area contributed by atoms with Crippen molar-refractivity contribution in [2.24, 2.45) is 0 Å². The number of carbonyl (C=O) groups excluding carboxylic acids is 1. The van der Waals surface area contributed by atoms with Crippen LogP contribution in [0.15, 0.2) is 0 Å². The van der Waals surface area contributed by atoms with Crippen molar-refractivity contribution in [1.29, 1.82) is 0 Å². The minimum absolute atomic E-state index is 0.225. The standard InChI is InChI=1S/C10H19NO4/c1-5-10(3,4)11-8(12)6-15-7(2)9(13)14/h7H,5-6H2,1-4H3,(H,11,12)(H,13,14)/t7-/m0/s1. The Morgan fingerprint density at radius 2 is 2.00 bits per heavy atom. The number of hydrogen-bond acceptors (Lipinski definition) is 3. The van der Waals surface area contributed by atoms with Crippen LogP contribution >= 0.6 is 0 Å². The number of ether oxygens (including phenoxy) is 1. The van der Waals surface area contributed by atoms with Crippen molar-refractivity contribution in [3.63, 3.8) is 0 Å². The molecule has 0 aliphatic heterocycles. The van der Waals surface area contributed by atoms with Gasteiger partial charge in [-0.15, -0.1) is 0 Å². The van der Waals surface area contributed by atoms with Crippen LogP contribution < -0.4 is 5.32 Å². The van der Waals surface area contributed by atoms with Crippen LogP contribution in [0.1, 0.15) is 34.1 Å². The second-order valence-electron chi connectivity index (χ2n) is 4.08. The topological polar surface area (TPSA) is 75.6 Å². The summed E-state index contributed by atoms with van der Waals surface area (Å²) in [7, 11) is 0. The molecule has 0 spiro atoms. The zero-order valence-electron chi connectivity index (χ0n) is 9.66. The molecule has 0 rings (SSSR count). The van der Waals surface area contributed by atoms with Gasteiger partial charge in [0.2, 0.25) is 5.91 Å². The number of nitrogens with one attached hydrogen (secondary N) is 1. The predicted molar refractivity (Wildman–Crippen MR) is 55.6 cm³/mol. The average molecular weight is 217 g/mol. The Morgan fingerprint density at radius 3 is 2.40 bits per heavy atom. The molecule has 0 aliphatic rings. The number of aliphatic carboxylic acids is 1. The zero-order valence-corrected chi connectivity index (χ0v) is 9.66. The average Bonchev–Trinajstić information content (AvgIpc) is 2.13. The van der Waals surface area contributed by atoms with Gasteiger partial charge in [0.1, 0.15) is 6.61 Å². The van der Waals surface area contributed by atoms with Gasteiger partial charge in [-0.25, -0.2) is 4.79 Å². The van der Waals surface area contributed by atoms with Crippen molar-refractivity contribution in [2.75, 3.05) is 6.61 Å². The van der Waals surface area contributed by atoms with Gasteiger partial charge in [0.05, 0.1) is 0 Å². The summed E-state index contributed by atoms with van der Waals surface area (Å²) in [4.78, 5) is 21.7. The largest absolute Gasteiger partial charge is 0.479 e. The second-order valence-corrected chi connectivity index (χ2v) is 4.08. The predicted octanol–water partition coefficient (Wildman–Crippen LogP) is 0.781. The Morgan fingerprint density at radius 1 is 1.47 bits per heavy atom. The highest BCUT2D eigenvalue weighted by atomic mass is 16.5. The van der Waals surface area contributed by atoms with Gasteiger partial charge in [0.15, 0.2) is 6.10 Å². The molecule has 1 atom stereocenters. The molecule has 1 amide bonds. The molecular weight excluding hydrogens is 198 g/mol. The summed E-state index contributed by atoms with van der Waals surface area (Å²) in [6.07, 6.45) is -0.159. The van der Waals surface area contributed by atoms with E-state index < -0.39 is 12.1 Å². The highest BCUT2D eigenvalue weighted by molar-refractivity contribution is 5.78. The monoisotopic (exact) mass is 217 g/mol. The Labute approximate surface area is 89.8 Å². The van der Waals surface area contributed by atoms with Gasteiger partial charge < -0.3 is 15.2 Å². The molecule has 5 nitrogen and oxygen atoms in total. The smallest absolute Gasteiger partial charge is 0.332 e. The molecule has 0 saturated heterocycles. The molecule has 5 heteroatoms. The van der Waals surface area contributed by atoms with Crippen molar-refractivity contribution in [3.8, 4) is 0 Å². The van der Waals surface area contributed by atoms with Crippen LogP contribution in [0.4, 0.5) is 0 Å². The molecule has 0 aromatic carbocycles. The highest BCUT2D eigenvalue weighted by Gasteiger charge is 2.19. The van der Waals surface area contributed by atoms with Gasteiger partial charge in [-0.1, -0.05) is 6.92 Å². The summed E-state index contributed by atoms with van der Waals surface area (Å²) in [6, 6.07) is 0. The summed E-state index contributed by atoms with van der Waals surface area (Å²) in [5, 5.41) is 11.3. The minimum atomic E-state index is -1.07. The number of amides is 1. The molecule has 0 aliphatic carbocycles. The lowest BCUT2D eigenvalue weighted by Gasteiger charge is -2.24. The summed E-state index contributed by atoms with van der Waals surface area (Å²) in [6.45, 7) is 6.91. The normalized spacial score (nSPS) is 13.3. The van der Waals surface area contributed by atoms with Gasteiger partial charge >= 0.3 is 5.97 Å². The van der Waals surface area contributed by atoms with E-state index in [0.29, 0.717) is 0 Å². The molecular formula is C10H19NO4. The van der Waals surface area contributed by atoms with Crippen LogP contribution in [-0.2, 0) is 14.3 Å². The lowest BCUT2D eigenvalue weighted by atomic mass is 10.0. The number of carboxylic acid groups (broad SMARTS) is 1. The molecule has 0 fully saturated rings. The third-order valence-corrected chi connectivity index (χ3v) is 2.17. The van der Waals surface area contributed by atoms with Crippen LogP contribution in [0.2, 0.25) is 0 Å². The van der Waals surface area contributed by atoms with Crippen molar-refractivity contribution in [1.82, 2.24) is 5.32 Å². The van der Waals surface area contributed by atoms with E-state index >= 15 is 0 Å². The van der Waals surface area contributed by atoms with E-state index in [0.717, 1.165) is 6.42 Å². The first-order valence-electron chi connectivity index (χ1n) is 4.94. The summed E-state index contributed by atoms with van der Waals surface area (Å²) in [5.74, 6) is -1.37. The van der Waals surface area contributed by atoms with Gasteiger partial charge in [-0.2, -0.15) is 0 Å². The molecule has 0 radical (unpaired) electrons. The van der Waals surface area contributed by atoms with E-state index in [1.54, 1.807) is 0 Å². The Balaban J connectivity index is 3.91. The fourth-order valence-corrected chi connectivity index (χ4v) is 0.774. The highest BCUT2D eigenvalue weighted by Crippen LogP contribution is 2.06. The molecule has 0 heterocycles. The Kier molecular flexibility index (Phi) is 5.28. The number of carboxylic acids is 1. The van der Waals surface area contributed by atoms with E-state index in [2.05, 4.69) is 5.32 Å². The maximum Gasteiger partial charge on any atom is 0.332 e. The first-order valence-corrected chi connectivity index (χ1v) is 4.94. The van der Waals surface area contributed by atoms with Crippen molar-refractivity contribution < 1.29 is 19.4 Å². The molecule has 0 unspecified atom stereocenters. The van der Waals surface area contributed by atoms with Crippen LogP contribution in [0.3, 0.4) is 0 Å². The summed E-state index contributed by atoms with van der Waals surface area (Å²) in [5.41, 5.74) is -0.285. The fourth-order valence-electron chi connectivity index (χ4n) is 0.774. The van der Waals surface area contributed by atoms with Crippen molar-refractivity contribution in [3.05, 3.63) is 0 Å². The number of hydrogen-bond donors (Lipinski definition) is 2. The number of carbonyl (C=O) groups is 2. The van der Waals surface area contributed by atoms with E-state index in [4.69, 9.17) is 9.84 Å². The Hall–Kier alpha value is -1.10. The van der Waals surface area contributed by atoms with Gasteiger partial charge in [-0.05, 0) is 27.2 Å². The first-order chi connectivity index (χ1) is 6.78. The van der Waals surface area contributed by atoms with Gasteiger partial charge in [0, 0.05) is 5.54 Å². The molecule has 0 bridgehead atoms. The minimum Gasteiger partial charge on any atom is -0.479 e. The van der Waals surface area contributed by atoms with Crippen LogP contribution in [0, 0.1) is 0 Å². The van der Waals surface area contributed by atoms with Crippen molar-refractivity contribution >= 4 is 11.9 Å². The summed E-state index contributed by atoms with van der Waals surface area (Å²) >= 11 is 0. The second kappa shape index (κ2) is 5.70. The van der Waals surface area contributed by atoms with Crippen LogP contribution in [-0.4, -0.2) is 35.2 Å². The molecule has 0 aromatic heterocycles. The third kappa shape index (κ3) is 6.06. The first kappa shape index (κ1) is 13.9. The molecule has 0 aromatic rings. The molecule has 88 valence electrons. The summed E-state index contributed by atoms with van der Waals surface area (Å²) < 4.78 is 4.84. The van der Waals surface area contributed by atoms with Crippen LogP contribution in [0.5, 0.6) is 0 Å². The van der Waals surface area contributed by atoms with Gasteiger partial charge in [0.25, 0.3) is 0 Å². The van der Waals surface area contributed by atoms with Crippen molar-refractivity contribution in [2.45, 2.75) is 45.8 Å². The molecule has 15 heavy (non-hydrogen) atoms. The van der Waals surface area contributed by atoms with Crippen LogP contribution in [0.25, 0.3) is 0 Å². The maximum absolute atomic E-state index is 11.3. The fraction of sp³-hybridized carbons (Fsp3) is 0.800. The third-order valence-electron chi connectivity index (χ3n) is 2.17. The van der Waals surface area contributed by atoms with E-state index in [1.165, 1.54) is 6.92 Å². The molecule has 0 saturated carbocycles. The van der Waals surface area contributed by atoms with E-state index in [-0.39, 0.29) is 18.1 Å². The maximum atomic E-state index is 11.3. The lowest BCUT2D eigenvalue weighted by molar-refractivity contribution is -0.151. The zero-order chi connectivity index (χ0) is 12.1.